The van der Waals surface area contributed by atoms with E-state index in [0.29, 0.717) is 18.6 Å². The minimum Gasteiger partial charge on any atom is -0.481 e. The van der Waals surface area contributed by atoms with Crippen LogP contribution in [0.1, 0.15) is 31.9 Å². The highest BCUT2D eigenvalue weighted by atomic mass is 16.5. The first kappa shape index (κ1) is 14.4. The summed E-state index contributed by atoms with van der Waals surface area (Å²) < 4.78 is 9.97. The maximum absolute atomic E-state index is 11.8. The molecular formula is C13H18N2O5. The Morgan fingerprint density at radius 1 is 1.65 bits per heavy atom. The van der Waals surface area contributed by atoms with Gasteiger partial charge in [0.1, 0.15) is 5.76 Å². The number of carbonyl (C=O) groups is 2. The summed E-state index contributed by atoms with van der Waals surface area (Å²) in [4.78, 5) is 23.1. The number of carboxylic acids is 1. The summed E-state index contributed by atoms with van der Waals surface area (Å²) in [6.07, 6.45) is 2.02. The van der Waals surface area contributed by atoms with Gasteiger partial charge in [0.2, 0.25) is 0 Å². The zero-order valence-electron chi connectivity index (χ0n) is 11.5. The van der Waals surface area contributed by atoms with Crippen molar-refractivity contribution in [1.82, 2.24) is 10.5 Å². The van der Waals surface area contributed by atoms with Crippen molar-refractivity contribution in [2.24, 2.45) is 5.41 Å². The number of amides is 1. The van der Waals surface area contributed by atoms with Crippen LogP contribution in [0, 0.1) is 12.3 Å². The lowest BCUT2D eigenvalue weighted by Crippen LogP contribution is -2.48. The second-order valence-corrected chi connectivity index (χ2v) is 5.30. The van der Waals surface area contributed by atoms with Gasteiger partial charge in [0.15, 0.2) is 6.61 Å². The molecular weight excluding hydrogens is 264 g/mol. The molecule has 1 heterocycles. The number of nitrogens with zero attached hydrogens (tertiary/aromatic N) is 1. The lowest BCUT2D eigenvalue weighted by atomic mass is 9.85. The molecule has 1 amide bonds. The van der Waals surface area contributed by atoms with E-state index in [-0.39, 0.29) is 24.4 Å². The highest BCUT2D eigenvalue weighted by molar-refractivity contribution is 5.81. The molecule has 7 nitrogen and oxygen atoms in total. The van der Waals surface area contributed by atoms with Crippen LogP contribution < -0.4 is 10.1 Å². The molecule has 2 N–H and O–H groups in total. The van der Waals surface area contributed by atoms with E-state index in [4.69, 9.17) is 9.26 Å². The first-order chi connectivity index (χ1) is 9.41. The fourth-order valence-corrected chi connectivity index (χ4v) is 2.44. The van der Waals surface area contributed by atoms with Crippen LogP contribution >= 0.6 is 0 Å². The Labute approximate surface area is 116 Å². The lowest BCUT2D eigenvalue weighted by Gasteiger charge is -2.27. The van der Waals surface area contributed by atoms with Crippen molar-refractivity contribution in [2.75, 3.05) is 6.61 Å². The smallest absolute Gasteiger partial charge is 0.311 e. The monoisotopic (exact) mass is 282 g/mol. The molecule has 1 aromatic rings. The molecule has 1 saturated carbocycles. The van der Waals surface area contributed by atoms with E-state index >= 15 is 0 Å². The molecule has 1 fully saturated rings. The predicted octanol–water partition coefficient (Wildman–Crippen LogP) is 1.12. The van der Waals surface area contributed by atoms with Crippen molar-refractivity contribution in [3.8, 4) is 5.88 Å². The Bertz CT molecular complexity index is 513. The highest BCUT2D eigenvalue weighted by Crippen LogP contribution is 2.38. The van der Waals surface area contributed by atoms with E-state index in [0.717, 1.165) is 6.42 Å². The number of aliphatic carboxylic acids is 1. The van der Waals surface area contributed by atoms with Crippen molar-refractivity contribution < 1.29 is 24.0 Å². The van der Waals surface area contributed by atoms with Gasteiger partial charge in [0.05, 0.1) is 5.41 Å². The van der Waals surface area contributed by atoms with Crippen molar-refractivity contribution in [1.29, 1.82) is 0 Å². The number of aryl methyl sites for hydroxylation is 1. The van der Waals surface area contributed by atoms with Crippen LogP contribution in [-0.2, 0) is 9.59 Å². The van der Waals surface area contributed by atoms with Crippen LogP contribution in [0.4, 0.5) is 0 Å². The maximum atomic E-state index is 11.8. The largest absolute Gasteiger partial charge is 0.481 e. The summed E-state index contributed by atoms with van der Waals surface area (Å²) in [5.41, 5.74) is -0.903. The Morgan fingerprint density at radius 3 is 3.00 bits per heavy atom. The van der Waals surface area contributed by atoms with E-state index in [9.17, 15) is 14.7 Å². The normalized spacial score (nSPS) is 25.4. The van der Waals surface area contributed by atoms with Gasteiger partial charge in [-0.1, -0.05) is 6.42 Å². The van der Waals surface area contributed by atoms with Crippen molar-refractivity contribution in [3.05, 3.63) is 11.8 Å². The summed E-state index contributed by atoms with van der Waals surface area (Å²) in [7, 11) is 0. The molecule has 2 rings (SSSR count). The Hall–Kier alpha value is -2.05. The summed E-state index contributed by atoms with van der Waals surface area (Å²) in [5.74, 6) is -0.405. The van der Waals surface area contributed by atoms with E-state index in [2.05, 4.69) is 10.5 Å². The van der Waals surface area contributed by atoms with Gasteiger partial charge in [-0.15, -0.1) is 0 Å². The average molecular weight is 282 g/mol. The molecule has 2 atom stereocenters. The Kier molecular flexibility index (Phi) is 3.96. The molecule has 0 radical (unpaired) electrons. The number of aromatic nitrogens is 1. The quantitative estimate of drug-likeness (QED) is 0.839. The number of ether oxygens (including phenoxy) is 1. The minimum absolute atomic E-state index is 0.210. The van der Waals surface area contributed by atoms with Gasteiger partial charge in [0.25, 0.3) is 11.8 Å². The average Bonchev–Trinajstić information content (AvgIpc) is 2.95. The minimum atomic E-state index is -0.903. The van der Waals surface area contributed by atoms with Gasteiger partial charge < -0.3 is 19.7 Å². The van der Waals surface area contributed by atoms with Crippen LogP contribution in [0.5, 0.6) is 5.88 Å². The zero-order valence-corrected chi connectivity index (χ0v) is 11.5. The fourth-order valence-electron chi connectivity index (χ4n) is 2.44. The molecule has 0 aromatic carbocycles. The van der Waals surface area contributed by atoms with E-state index in [1.165, 1.54) is 0 Å². The van der Waals surface area contributed by atoms with Crippen LogP contribution in [0.3, 0.4) is 0 Å². The number of carbonyl (C=O) groups excluding carboxylic acids is 1. The van der Waals surface area contributed by atoms with Crippen molar-refractivity contribution in [2.45, 2.75) is 39.2 Å². The number of hydrogen-bond acceptors (Lipinski definition) is 5. The van der Waals surface area contributed by atoms with Crippen molar-refractivity contribution in [3.63, 3.8) is 0 Å². The molecule has 0 saturated heterocycles. The maximum Gasteiger partial charge on any atom is 0.311 e. The topological polar surface area (TPSA) is 102 Å². The van der Waals surface area contributed by atoms with Crippen LogP contribution in [0.2, 0.25) is 0 Å². The van der Waals surface area contributed by atoms with Gasteiger partial charge in [-0.2, -0.15) is 0 Å². The molecule has 110 valence electrons. The molecule has 20 heavy (non-hydrogen) atoms. The Morgan fingerprint density at radius 2 is 2.40 bits per heavy atom. The van der Waals surface area contributed by atoms with Gasteiger partial charge in [-0.25, -0.2) is 0 Å². The summed E-state index contributed by atoms with van der Waals surface area (Å²) in [5, 5.41) is 15.6. The molecule has 2 unspecified atom stereocenters. The molecule has 1 aliphatic carbocycles. The van der Waals surface area contributed by atoms with Crippen LogP contribution in [-0.4, -0.2) is 34.8 Å². The molecule has 1 aromatic heterocycles. The standard InChI is InChI=1S/C13H18N2O5/c1-8-6-11(15-20-8)19-7-10(16)14-9-4-3-5-13(9,2)12(17)18/h6,9H,3-5,7H2,1-2H3,(H,14,16)(H,17,18). The predicted molar refractivity (Wildman–Crippen MR) is 68.3 cm³/mol. The van der Waals surface area contributed by atoms with Crippen LogP contribution in [0.15, 0.2) is 10.6 Å². The van der Waals surface area contributed by atoms with E-state index < -0.39 is 11.4 Å². The van der Waals surface area contributed by atoms with Gasteiger partial charge >= 0.3 is 5.97 Å². The number of rotatable bonds is 5. The highest BCUT2D eigenvalue weighted by Gasteiger charge is 2.45. The summed E-state index contributed by atoms with van der Waals surface area (Å²) in [6.45, 7) is 3.17. The van der Waals surface area contributed by atoms with Crippen LogP contribution in [0.25, 0.3) is 0 Å². The first-order valence-corrected chi connectivity index (χ1v) is 6.51. The van der Waals surface area contributed by atoms with Crippen molar-refractivity contribution >= 4 is 11.9 Å². The summed E-state index contributed by atoms with van der Waals surface area (Å²) in [6, 6.07) is 1.21. The number of carboxylic acid groups (broad SMARTS) is 1. The molecule has 0 bridgehead atoms. The second-order valence-electron chi connectivity index (χ2n) is 5.30. The van der Waals surface area contributed by atoms with Gasteiger partial charge in [-0.3, -0.25) is 9.59 Å². The SMILES string of the molecule is Cc1cc(OCC(=O)NC2CCCC2(C)C(=O)O)no1. The molecule has 0 spiro atoms. The third-order valence-corrected chi connectivity index (χ3v) is 3.74. The zero-order chi connectivity index (χ0) is 14.8. The first-order valence-electron chi connectivity index (χ1n) is 6.51. The van der Waals surface area contributed by atoms with E-state index in [1.807, 2.05) is 0 Å². The molecule has 1 aliphatic rings. The molecule has 7 heteroatoms. The fraction of sp³-hybridized carbons (Fsp3) is 0.615. The van der Waals surface area contributed by atoms with Gasteiger partial charge in [0, 0.05) is 12.1 Å². The second kappa shape index (κ2) is 5.52. The third-order valence-electron chi connectivity index (χ3n) is 3.74. The lowest BCUT2D eigenvalue weighted by molar-refractivity contribution is -0.149. The third kappa shape index (κ3) is 2.92. The van der Waals surface area contributed by atoms with E-state index in [1.54, 1.807) is 19.9 Å². The molecule has 0 aliphatic heterocycles. The Balaban J connectivity index is 1.86. The number of hydrogen-bond donors (Lipinski definition) is 2. The van der Waals surface area contributed by atoms with Gasteiger partial charge in [-0.05, 0) is 31.8 Å². The summed E-state index contributed by atoms with van der Waals surface area (Å²) >= 11 is 0. The number of nitrogens with one attached hydrogen (secondary N) is 1.